The maximum Gasteiger partial charge on any atom is 0.0282 e. The molecule has 2 N–H and O–H groups in total. The first-order valence-corrected chi connectivity index (χ1v) is 8.25. The van der Waals surface area contributed by atoms with Gasteiger partial charge in [-0.3, -0.25) is 0 Å². The number of allylic oxidation sites excluding steroid dienone is 1. The van der Waals surface area contributed by atoms with Crippen LogP contribution in [0.25, 0.3) is 0 Å². The van der Waals surface area contributed by atoms with Gasteiger partial charge in [0, 0.05) is 6.04 Å². The van der Waals surface area contributed by atoms with E-state index in [1.54, 1.807) is 5.57 Å². The summed E-state index contributed by atoms with van der Waals surface area (Å²) >= 11 is 0. The molecule has 0 saturated heterocycles. The van der Waals surface area contributed by atoms with E-state index in [1.807, 2.05) is 0 Å². The van der Waals surface area contributed by atoms with Crippen LogP contribution < -0.4 is 5.73 Å². The van der Waals surface area contributed by atoms with Crippen LogP contribution in [0, 0.1) is 11.8 Å². The zero-order valence-electron chi connectivity index (χ0n) is 12.2. The van der Waals surface area contributed by atoms with Gasteiger partial charge < -0.3 is 5.73 Å². The first kappa shape index (κ1) is 14.1. The van der Waals surface area contributed by atoms with Gasteiger partial charge in [-0.1, -0.05) is 50.7 Å². The van der Waals surface area contributed by atoms with Gasteiger partial charge in [-0.25, -0.2) is 0 Å². The molecule has 1 fully saturated rings. The molecular formula is C17H31N. The number of rotatable bonds is 4. The zero-order valence-corrected chi connectivity index (χ0v) is 12.2. The van der Waals surface area contributed by atoms with Gasteiger partial charge in [-0.15, -0.1) is 0 Å². The summed E-state index contributed by atoms with van der Waals surface area (Å²) in [7, 11) is 0. The molecule has 104 valence electrons. The third-order valence-corrected chi connectivity index (χ3v) is 5.10. The molecule has 0 aromatic heterocycles. The standard InChI is InChI=1S/C17H31N/c1-2-7-14-10-12-16(13-11-14)17(18)15-8-5-3-4-6-9-15/h8,14,16-17H,2-7,9-13,18H2,1H3. The second kappa shape index (κ2) is 7.33. The van der Waals surface area contributed by atoms with E-state index in [0.717, 1.165) is 11.8 Å². The quantitative estimate of drug-likeness (QED) is 0.711. The summed E-state index contributed by atoms with van der Waals surface area (Å²) < 4.78 is 0. The Morgan fingerprint density at radius 3 is 2.67 bits per heavy atom. The Labute approximate surface area is 113 Å². The normalized spacial score (nSPS) is 31.6. The van der Waals surface area contributed by atoms with Gasteiger partial charge in [-0.05, 0) is 50.4 Å². The van der Waals surface area contributed by atoms with Gasteiger partial charge in [0.05, 0.1) is 0 Å². The Bertz CT molecular complexity index is 261. The second-order valence-electron chi connectivity index (χ2n) is 6.47. The van der Waals surface area contributed by atoms with Crippen LogP contribution in [0.2, 0.25) is 0 Å². The van der Waals surface area contributed by atoms with Gasteiger partial charge in [0.15, 0.2) is 0 Å². The smallest absolute Gasteiger partial charge is 0.0282 e. The summed E-state index contributed by atoms with van der Waals surface area (Å²) in [6.07, 6.45) is 17.6. The van der Waals surface area contributed by atoms with Crippen LogP contribution in [0.5, 0.6) is 0 Å². The fourth-order valence-electron chi connectivity index (χ4n) is 3.89. The van der Waals surface area contributed by atoms with Crippen molar-refractivity contribution in [1.82, 2.24) is 0 Å². The van der Waals surface area contributed by atoms with Crippen molar-refractivity contribution >= 4 is 0 Å². The van der Waals surface area contributed by atoms with E-state index in [1.165, 1.54) is 70.6 Å². The molecule has 0 spiro atoms. The lowest BCUT2D eigenvalue weighted by molar-refractivity contribution is 0.243. The monoisotopic (exact) mass is 249 g/mol. The van der Waals surface area contributed by atoms with E-state index in [-0.39, 0.29) is 0 Å². The lowest BCUT2D eigenvalue weighted by Gasteiger charge is -2.33. The van der Waals surface area contributed by atoms with Crippen LogP contribution in [-0.4, -0.2) is 6.04 Å². The van der Waals surface area contributed by atoms with Crippen LogP contribution in [0.4, 0.5) is 0 Å². The van der Waals surface area contributed by atoms with Crippen LogP contribution in [0.1, 0.15) is 77.6 Å². The fraction of sp³-hybridized carbons (Fsp3) is 0.882. The SMILES string of the molecule is CCCC1CCC(C(N)C2=CCCCCC2)CC1. The van der Waals surface area contributed by atoms with E-state index < -0.39 is 0 Å². The highest BCUT2D eigenvalue weighted by Crippen LogP contribution is 2.35. The van der Waals surface area contributed by atoms with Crippen molar-refractivity contribution < 1.29 is 0 Å². The van der Waals surface area contributed by atoms with Gasteiger partial charge >= 0.3 is 0 Å². The first-order valence-electron chi connectivity index (χ1n) is 8.25. The lowest BCUT2D eigenvalue weighted by Crippen LogP contribution is -2.34. The predicted molar refractivity (Wildman–Crippen MR) is 79.5 cm³/mol. The summed E-state index contributed by atoms with van der Waals surface area (Å²) in [6, 6.07) is 0.380. The van der Waals surface area contributed by atoms with Gasteiger partial charge in [0.25, 0.3) is 0 Å². The average Bonchev–Trinajstić information content (AvgIpc) is 2.68. The molecule has 0 radical (unpaired) electrons. The predicted octanol–water partition coefficient (Wildman–Crippen LogP) is 4.81. The van der Waals surface area contributed by atoms with E-state index in [0.29, 0.717) is 6.04 Å². The molecule has 2 rings (SSSR count). The third-order valence-electron chi connectivity index (χ3n) is 5.10. The Morgan fingerprint density at radius 1 is 1.17 bits per heavy atom. The molecule has 1 saturated carbocycles. The lowest BCUT2D eigenvalue weighted by atomic mass is 9.75. The molecule has 0 heterocycles. The number of nitrogens with two attached hydrogens (primary N) is 1. The summed E-state index contributed by atoms with van der Waals surface area (Å²) in [5, 5.41) is 0. The highest BCUT2D eigenvalue weighted by Gasteiger charge is 2.27. The molecule has 1 unspecified atom stereocenters. The second-order valence-corrected chi connectivity index (χ2v) is 6.47. The zero-order chi connectivity index (χ0) is 12.8. The van der Waals surface area contributed by atoms with E-state index >= 15 is 0 Å². The van der Waals surface area contributed by atoms with E-state index in [4.69, 9.17) is 5.73 Å². The van der Waals surface area contributed by atoms with E-state index in [9.17, 15) is 0 Å². The summed E-state index contributed by atoms with van der Waals surface area (Å²) in [4.78, 5) is 0. The maximum absolute atomic E-state index is 6.54. The van der Waals surface area contributed by atoms with Crippen LogP contribution in [0.3, 0.4) is 0 Å². The summed E-state index contributed by atoms with van der Waals surface area (Å²) in [5.41, 5.74) is 8.13. The van der Waals surface area contributed by atoms with Crippen molar-refractivity contribution in [1.29, 1.82) is 0 Å². The average molecular weight is 249 g/mol. The molecule has 1 heteroatoms. The summed E-state index contributed by atoms with van der Waals surface area (Å²) in [6.45, 7) is 2.31. The molecule has 1 nitrogen and oxygen atoms in total. The van der Waals surface area contributed by atoms with Crippen LogP contribution in [-0.2, 0) is 0 Å². The molecular weight excluding hydrogens is 218 g/mol. The van der Waals surface area contributed by atoms with Crippen molar-refractivity contribution in [2.75, 3.05) is 0 Å². The highest BCUT2D eigenvalue weighted by atomic mass is 14.7. The van der Waals surface area contributed by atoms with E-state index in [2.05, 4.69) is 13.0 Å². The molecule has 18 heavy (non-hydrogen) atoms. The van der Waals surface area contributed by atoms with Crippen molar-refractivity contribution in [3.63, 3.8) is 0 Å². The van der Waals surface area contributed by atoms with Gasteiger partial charge in [0.1, 0.15) is 0 Å². The topological polar surface area (TPSA) is 26.0 Å². The van der Waals surface area contributed by atoms with Crippen LogP contribution >= 0.6 is 0 Å². The molecule has 1 atom stereocenters. The van der Waals surface area contributed by atoms with Crippen molar-refractivity contribution in [3.05, 3.63) is 11.6 Å². The Morgan fingerprint density at radius 2 is 1.94 bits per heavy atom. The largest absolute Gasteiger partial charge is 0.324 e. The minimum atomic E-state index is 0.380. The highest BCUT2D eigenvalue weighted by molar-refractivity contribution is 5.13. The first-order chi connectivity index (χ1) is 8.81. The molecule has 2 aliphatic carbocycles. The van der Waals surface area contributed by atoms with Crippen molar-refractivity contribution in [2.45, 2.75) is 83.6 Å². The fourth-order valence-corrected chi connectivity index (χ4v) is 3.89. The van der Waals surface area contributed by atoms with Crippen LogP contribution in [0.15, 0.2) is 11.6 Å². The molecule has 0 amide bonds. The van der Waals surface area contributed by atoms with Crippen molar-refractivity contribution in [2.24, 2.45) is 17.6 Å². The molecule has 0 bridgehead atoms. The van der Waals surface area contributed by atoms with Crippen molar-refractivity contribution in [3.8, 4) is 0 Å². The van der Waals surface area contributed by atoms with Gasteiger partial charge in [0.2, 0.25) is 0 Å². The molecule has 0 aromatic rings. The maximum atomic E-state index is 6.54. The number of hydrogen-bond acceptors (Lipinski definition) is 1. The minimum absolute atomic E-state index is 0.380. The Hall–Kier alpha value is -0.300. The Kier molecular flexibility index (Phi) is 5.75. The molecule has 2 aliphatic rings. The minimum Gasteiger partial charge on any atom is -0.324 e. The Balaban J connectivity index is 1.82. The molecule has 0 aliphatic heterocycles. The third kappa shape index (κ3) is 3.85. The summed E-state index contributed by atoms with van der Waals surface area (Å²) in [5.74, 6) is 1.78. The molecule has 0 aromatic carbocycles. The number of hydrogen-bond donors (Lipinski definition) is 1. The van der Waals surface area contributed by atoms with Gasteiger partial charge in [-0.2, -0.15) is 0 Å².